The largest absolute Gasteiger partial charge is 0.356 e. The van der Waals surface area contributed by atoms with E-state index in [-0.39, 0.29) is 5.60 Å². The van der Waals surface area contributed by atoms with Crippen molar-refractivity contribution in [3.05, 3.63) is 0 Å². The first kappa shape index (κ1) is 11.0. The molecule has 0 saturated carbocycles. The summed E-state index contributed by atoms with van der Waals surface area (Å²) in [6.07, 6.45) is 1.58. The van der Waals surface area contributed by atoms with Crippen molar-refractivity contribution in [1.82, 2.24) is 4.90 Å². The van der Waals surface area contributed by atoms with Gasteiger partial charge in [-0.3, -0.25) is 4.90 Å². The van der Waals surface area contributed by atoms with Gasteiger partial charge in [0.1, 0.15) is 0 Å². The van der Waals surface area contributed by atoms with Crippen molar-refractivity contribution in [2.75, 3.05) is 6.54 Å². The predicted octanol–water partition coefficient (Wildman–Crippen LogP) is 1.56. The molecule has 2 unspecified atom stereocenters. The molecule has 3 heteroatoms. The molecule has 13 heavy (non-hydrogen) atoms. The standard InChI is InChI=1S/C10H21NO2/c1-8-6-5-7-11(8)9(12)13-10(2,3)4/h8-9,12H,5-7H2,1-4H3. The number of ether oxygens (including phenoxy) is 1. The summed E-state index contributed by atoms with van der Waals surface area (Å²) in [5, 5.41) is 9.76. The molecule has 1 saturated heterocycles. The van der Waals surface area contributed by atoms with E-state index in [1.807, 2.05) is 25.7 Å². The van der Waals surface area contributed by atoms with Crippen LogP contribution >= 0.6 is 0 Å². The monoisotopic (exact) mass is 187 g/mol. The molecular formula is C10H21NO2. The van der Waals surface area contributed by atoms with E-state index in [2.05, 4.69) is 6.92 Å². The summed E-state index contributed by atoms with van der Waals surface area (Å²) in [6.45, 7) is 8.94. The van der Waals surface area contributed by atoms with Crippen LogP contribution in [0, 0.1) is 0 Å². The van der Waals surface area contributed by atoms with Crippen LogP contribution in [0.4, 0.5) is 0 Å². The van der Waals surface area contributed by atoms with Crippen molar-refractivity contribution >= 4 is 0 Å². The van der Waals surface area contributed by atoms with Crippen molar-refractivity contribution in [3.63, 3.8) is 0 Å². The first-order valence-corrected chi connectivity index (χ1v) is 5.02. The SMILES string of the molecule is CC1CCCN1C(O)OC(C)(C)C. The molecule has 0 bridgehead atoms. The number of likely N-dealkylation sites (tertiary alicyclic amines) is 1. The molecule has 1 aliphatic heterocycles. The summed E-state index contributed by atoms with van der Waals surface area (Å²) in [5.41, 5.74) is -0.276. The lowest BCUT2D eigenvalue weighted by Gasteiger charge is -2.32. The Kier molecular flexibility index (Phi) is 3.33. The molecule has 0 aromatic heterocycles. The molecule has 1 fully saturated rings. The van der Waals surface area contributed by atoms with E-state index in [4.69, 9.17) is 4.74 Å². The highest BCUT2D eigenvalue weighted by atomic mass is 16.6. The maximum Gasteiger partial charge on any atom is 0.216 e. The minimum atomic E-state index is -0.738. The van der Waals surface area contributed by atoms with Gasteiger partial charge in [-0.2, -0.15) is 0 Å². The number of hydrogen-bond acceptors (Lipinski definition) is 3. The van der Waals surface area contributed by atoms with Gasteiger partial charge >= 0.3 is 0 Å². The third-order valence-corrected chi connectivity index (χ3v) is 2.35. The number of nitrogens with zero attached hydrogens (tertiary/aromatic N) is 1. The number of rotatable bonds is 2. The van der Waals surface area contributed by atoms with Gasteiger partial charge < -0.3 is 9.84 Å². The van der Waals surface area contributed by atoms with E-state index in [1.165, 1.54) is 0 Å². The van der Waals surface area contributed by atoms with Gasteiger partial charge in [0.05, 0.1) is 5.60 Å². The Balaban J connectivity index is 2.43. The van der Waals surface area contributed by atoms with Crippen LogP contribution in [0.5, 0.6) is 0 Å². The fraction of sp³-hybridized carbons (Fsp3) is 1.00. The van der Waals surface area contributed by atoms with E-state index < -0.39 is 6.41 Å². The van der Waals surface area contributed by atoms with Crippen LogP contribution in [0.2, 0.25) is 0 Å². The fourth-order valence-electron chi connectivity index (χ4n) is 1.67. The van der Waals surface area contributed by atoms with Gasteiger partial charge in [-0.1, -0.05) is 0 Å². The Labute approximate surface area is 80.7 Å². The number of hydrogen-bond donors (Lipinski definition) is 1. The first-order valence-electron chi connectivity index (χ1n) is 5.02. The topological polar surface area (TPSA) is 32.7 Å². The summed E-state index contributed by atoms with van der Waals surface area (Å²) in [6, 6.07) is 0.442. The smallest absolute Gasteiger partial charge is 0.216 e. The van der Waals surface area contributed by atoms with Gasteiger partial charge in [0.25, 0.3) is 0 Å². The Hall–Kier alpha value is -0.120. The van der Waals surface area contributed by atoms with E-state index in [0.717, 1.165) is 19.4 Å². The Bertz CT molecular complexity index is 165. The summed E-state index contributed by atoms with van der Waals surface area (Å²) in [7, 11) is 0. The molecule has 0 amide bonds. The lowest BCUT2D eigenvalue weighted by atomic mass is 10.2. The molecule has 1 heterocycles. The van der Waals surface area contributed by atoms with Crippen LogP contribution in [0.3, 0.4) is 0 Å². The summed E-state index contributed by atoms with van der Waals surface area (Å²) < 4.78 is 5.47. The van der Waals surface area contributed by atoms with Crippen molar-refractivity contribution in [2.45, 2.75) is 58.6 Å². The molecule has 2 atom stereocenters. The van der Waals surface area contributed by atoms with Crippen molar-refractivity contribution in [1.29, 1.82) is 0 Å². The second-order valence-electron chi connectivity index (χ2n) is 4.79. The lowest BCUT2D eigenvalue weighted by molar-refractivity contribution is -0.240. The summed E-state index contributed by atoms with van der Waals surface area (Å²) >= 11 is 0. The molecule has 0 aromatic rings. The average molecular weight is 187 g/mol. The molecule has 1 rings (SSSR count). The van der Waals surface area contributed by atoms with Gasteiger partial charge in [-0.15, -0.1) is 0 Å². The third-order valence-electron chi connectivity index (χ3n) is 2.35. The lowest BCUT2D eigenvalue weighted by Crippen LogP contribution is -2.43. The minimum Gasteiger partial charge on any atom is -0.356 e. The maximum atomic E-state index is 9.76. The van der Waals surface area contributed by atoms with Crippen molar-refractivity contribution in [2.24, 2.45) is 0 Å². The molecule has 1 N–H and O–H groups in total. The van der Waals surface area contributed by atoms with Gasteiger partial charge in [0.2, 0.25) is 6.41 Å². The molecule has 0 spiro atoms. The predicted molar refractivity (Wildman–Crippen MR) is 52.2 cm³/mol. The molecule has 0 aliphatic carbocycles. The highest BCUT2D eigenvalue weighted by molar-refractivity contribution is 4.75. The maximum absolute atomic E-state index is 9.76. The molecule has 0 radical (unpaired) electrons. The minimum absolute atomic E-state index is 0.276. The highest BCUT2D eigenvalue weighted by Gasteiger charge is 2.29. The average Bonchev–Trinajstić information content (AvgIpc) is 2.30. The zero-order valence-corrected chi connectivity index (χ0v) is 9.08. The zero-order chi connectivity index (χ0) is 10.1. The van der Waals surface area contributed by atoms with Gasteiger partial charge in [0.15, 0.2) is 0 Å². The van der Waals surface area contributed by atoms with Gasteiger partial charge in [-0.25, -0.2) is 0 Å². The van der Waals surface area contributed by atoms with Crippen molar-refractivity contribution in [3.8, 4) is 0 Å². The third kappa shape index (κ3) is 3.25. The summed E-state index contributed by atoms with van der Waals surface area (Å²) in [4.78, 5) is 2.01. The van der Waals surface area contributed by atoms with Crippen molar-refractivity contribution < 1.29 is 9.84 Å². The molecule has 1 aliphatic rings. The van der Waals surface area contributed by atoms with Crippen LogP contribution in [-0.4, -0.2) is 34.6 Å². The van der Waals surface area contributed by atoms with E-state index in [9.17, 15) is 5.11 Å². The van der Waals surface area contributed by atoms with Crippen LogP contribution in [0.25, 0.3) is 0 Å². The normalized spacial score (nSPS) is 27.9. The molecular weight excluding hydrogens is 166 g/mol. The number of aliphatic hydroxyl groups excluding tert-OH is 1. The second kappa shape index (κ2) is 3.95. The Morgan fingerprint density at radius 2 is 2.08 bits per heavy atom. The second-order valence-corrected chi connectivity index (χ2v) is 4.79. The van der Waals surface area contributed by atoms with E-state index >= 15 is 0 Å². The van der Waals surface area contributed by atoms with Crippen LogP contribution in [0.1, 0.15) is 40.5 Å². The number of aliphatic hydroxyl groups is 1. The first-order chi connectivity index (χ1) is 5.90. The van der Waals surface area contributed by atoms with Gasteiger partial charge in [-0.05, 0) is 40.5 Å². The summed E-state index contributed by atoms with van der Waals surface area (Å²) in [5.74, 6) is 0. The quantitative estimate of drug-likeness (QED) is 0.666. The molecule has 3 nitrogen and oxygen atoms in total. The van der Waals surface area contributed by atoms with Crippen LogP contribution in [-0.2, 0) is 4.74 Å². The molecule has 0 aromatic carbocycles. The highest BCUT2D eigenvalue weighted by Crippen LogP contribution is 2.21. The zero-order valence-electron chi connectivity index (χ0n) is 9.08. The van der Waals surface area contributed by atoms with Crippen LogP contribution < -0.4 is 0 Å². The Morgan fingerprint density at radius 1 is 1.46 bits per heavy atom. The van der Waals surface area contributed by atoms with E-state index in [1.54, 1.807) is 0 Å². The Morgan fingerprint density at radius 3 is 2.46 bits per heavy atom. The molecule has 78 valence electrons. The van der Waals surface area contributed by atoms with Crippen LogP contribution in [0.15, 0.2) is 0 Å². The fourth-order valence-corrected chi connectivity index (χ4v) is 1.67. The van der Waals surface area contributed by atoms with E-state index in [0.29, 0.717) is 6.04 Å². The van der Waals surface area contributed by atoms with Gasteiger partial charge in [0, 0.05) is 12.6 Å².